The van der Waals surface area contributed by atoms with Crippen molar-refractivity contribution in [3.63, 3.8) is 0 Å². The van der Waals surface area contributed by atoms with E-state index in [0.717, 1.165) is 17.7 Å². The summed E-state index contributed by atoms with van der Waals surface area (Å²) in [7, 11) is 1.63. The second-order valence-corrected chi connectivity index (χ2v) is 5.08. The van der Waals surface area contributed by atoms with Crippen LogP contribution in [0.25, 0.3) is 0 Å². The number of hydrogen-bond acceptors (Lipinski definition) is 3. The van der Waals surface area contributed by atoms with Gasteiger partial charge in [-0.2, -0.15) is 5.26 Å². The van der Waals surface area contributed by atoms with Gasteiger partial charge in [-0.05, 0) is 29.8 Å². The van der Waals surface area contributed by atoms with Crippen LogP contribution in [0.15, 0.2) is 47.5 Å². The molecule has 2 aromatic carbocycles. The zero-order valence-electron chi connectivity index (χ0n) is 13.7. The molecule has 0 aliphatic heterocycles. The van der Waals surface area contributed by atoms with Crippen molar-refractivity contribution in [2.45, 2.75) is 6.54 Å². The highest BCUT2D eigenvalue weighted by Gasteiger charge is 2.05. The van der Waals surface area contributed by atoms with Gasteiger partial charge in [0.15, 0.2) is 17.5 Å². The van der Waals surface area contributed by atoms with Crippen molar-refractivity contribution in [2.24, 2.45) is 4.99 Å². The van der Waals surface area contributed by atoms with Crippen molar-refractivity contribution in [1.29, 1.82) is 5.26 Å². The number of halogens is 2. The van der Waals surface area contributed by atoms with Gasteiger partial charge >= 0.3 is 0 Å². The second kappa shape index (κ2) is 9.23. The first kappa shape index (κ1) is 18.2. The fourth-order valence-electron chi connectivity index (χ4n) is 2.03. The Labute approximate surface area is 145 Å². The van der Waals surface area contributed by atoms with Gasteiger partial charge in [0.1, 0.15) is 12.4 Å². The van der Waals surface area contributed by atoms with E-state index < -0.39 is 11.6 Å². The van der Waals surface area contributed by atoms with Crippen LogP contribution in [0, 0.1) is 23.0 Å². The Morgan fingerprint density at radius 2 is 1.92 bits per heavy atom. The normalized spacial score (nSPS) is 10.9. The van der Waals surface area contributed by atoms with Crippen LogP contribution in [0.5, 0.6) is 5.75 Å². The summed E-state index contributed by atoms with van der Waals surface area (Å²) in [6.45, 7) is 1.13. The van der Waals surface area contributed by atoms with Gasteiger partial charge in [-0.15, -0.1) is 0 Å². The zero-order chi connectivity index (χ0) is 18.1. The van der Waals surface area contributed by atoms with E-state index in [1.54, 1.807) is 19.2 Å². The van der Waals surface area contributed by atoms with Gasteiger partial charge < -0.3 is 15.4 Å². The summed E-state index contributed by atoms with van der Waals surface area (Å²) >= 11 is 0. The summed E-state index contributed by atoms with van der Waals surface area (Å²) in [5.74, 6) is -0.810. The number of nitrogens with one attached hydrogen (secondary N) is 2. The number of guanidine groups is 1. The molecule has 0 aliphatic rings. The third kappa shape index (κ3) is 5.77. The Morgan fingerprint density at radius 3 is 2.56 bits per heavy atom. The quantitative estimate of drug-likeness (QED) is 0.480. The molecular weight excluding hydrogens is 326 g/mol. The van der Waals surface area contributed by atoms with Gasteiger partial charge in [0.2, 0.25) is 0 Å². The molecule has 0 aromatic heterocycles. The molecule has 0 aliphatic carbocycles. The highest BCUT2D eigenvalue weighted by Crippen LogP contribution is 2.17. The van der Waals surface area contributed by atoms with E-state index in [1.807, 2.05) is 12.1 Å². The van der Waals surface area contributed by atoms with Crippen molar-refractivity contribution in [2.75, 3.05) is 20.2 Å². The molecule has 2 aromatic rings. The Hall–Kier alpha value is -3.14. The molecule has 5 nitrogen and oxygen atoms in total. The van der Waals surface area contributed by atoms with Crippen LogP contribution in [0.2, 0.25) is 0 Å². The third-order valence-corrected chi connectivity index (χ3v) is 3.31. The Bertz CT molecular complexity index is 770. The average molecular weight is 344 g/mol. The molecule has 130 valence electrons. The molecular formula is C18H18F2N4O. The van der Waals surface area contributed by atoms with Crippen LogP contribution in [0.3, 0.4) is 0 Å². The molecule has 0 saturated carbocycles. The maximum absolute atomic E-state index is 13.4. The molecule has 0 fully saturated rings. The largest absolute Gasteiger partial charge is 0.489 e. The van der Waals surface area contributed by atoms with Gasteiger partial charge in [0.05, 0.1) is 18.2 Å². The molecule has 0 radical (unpaired) electrons. The molecule has 0 amide bonds. The number of aliphatic imine (C=N–C) groups is 1. The highest BCUT2D eigenvalue weighted by molar-refractivity contribution is 5.79. The molecule has 0 atom stereocenters. The molecule has 25 heavy (non-hydrogen) atoms. The smallest absolute Gasteiger partial charge is 0.191 e. The van der Waals surface area contributed by atoms with Gasteiger partial charge in [-0.3, -0.25) is 4.99 Å². The summed E-state index contributed by atoms with van der Waals surface area (Å²) in [5, 5.41) is 14.9. The highest BCUT2D eigenvalue weighted by atomic mass is 19.1. The first-order valence-corrected chi connectivity index (χ1v) is 7.64. The van der Waals surface area contributed by atoms with E-state index in [2.05, 4.69) is 21.7 Å². The Balaban J connectivity index is 1.73. The van der Waals surface area contributed by atoms with Crippen LogP contribution in [0.1, 0.15) is 11.1 Å². The lowest BCUT2D eigenvalue weighted by Gasteiger charge is -2.13. The van der Waals surface area contributed by atoms with E-state index >= 15 is 0 Å². The Kier molecular flexibility index (Phi) is 6.72. The summed E-state index contributed by atoms with van der Waals surface area (Å²) in [4.78, 5) is 4.07. The molecule has 0 unspecified atom stereocenters. The molecule has 7 heteroatoms. The van der Waals surface area contributed by atoms with Crippen LogP contribution in [0.4, 0.5) is 8.78 Å². The van der Waals surface area contributed by atoms with Gasteiger partial charge in [-0.25, -0.2) is 8.78 Å². The van der Waals surface area contributed by atoms with E-state index in [4.69, 9.17) is 10.00 Å². The fourth-order valence-corrected chi connectivity index (χ4v) is 2.03. The standard InChI is InChI=1S/C18H18F2N4O/c1-22-18(24-12-14-4-2-13(11-21)3-5-14)23-8-9-25-17-7-6-15(19)10-16(17)20/h2-7,10H,8-9,12H2,1H3,(H2,22,23,24). The number of nitrogens with zero attached hydrogens (tertiary/aromatic N) is 2. The lowest BCUT2D eigenvalue weighted by Crippen LogP contribution is -2.38. The van der Waals surface area contributed by atoms with Crippen LogP contribution in [-0.4, -0.2) is 26.2 Å². The van der Waals surface area contributed by atoms with E-state index in [0.29, 0.717) is 24.6 Å². The summed E-state index contributed by atoms with van der Waals surface area (Å²) in [6, 6.07) is 12.5. The number of benzene rings is 2. The first-order chi connectivity index (χ1) is 12.1. The zero-order valence-corrected chi connectivity index (χ0v) is 13.7. The summed E-state index contributed by atoms with van der Waals surface area (Å²) in [6.07, 6.45) is 0. The van der Waals surface area contributed by atoms with E-state index in [1.165, 1.54) is 6.07 Å². The van der Waals surface area contributed by atoms with Gasteiger partial charge in [-0.1, -0.05) is 12.1 Å². The SMILES string of the molecule is CN=C(NCCOc1ccc(F)cc1F)NCc1ccc(C#N)cc1. The van der Waals surface area contributed by atoms with Crippen molar-refractivity contribution in [3.05, 3.63) is 65.2 Å². The summed E-state index contributed by atoms with van der Waals surface area (Å²) < 4.78 is 31.5. The van der Waals surface area contributed by atoms with Crippen molar-refractivity contribution in [1.82, 2.24) is 10.6 Å². The van der Waals surface area contributed by atoms with Crippen LogP contribution >= 0.6 is 0 Å². The van der Waals surface area contributed by atoms with E-state index in [9.17, 15) is 8.78 Å². The predicted molar refractivity (Wildman–Crippen MR) is 91.2 cm³/mol. The van der Waals surface area contributed by atoms with E-state index in [-0.39, 0.29) is 12.4 Å². The molecule has 0 heterocycles. The third-order valence-electron chi connectivity index (χ3n) is 3.31. The lowest BCUT2D eigenvalue weighted by atomic mass is 10.1. The molecule has 0 spiro atoms. The monoisotopic (exact) mass is 344 g/mol. The Morgan fingerprint density at radius 1 is 1.16 bits per heavy atom. The fraction of sp³-hybridized carbons (Fsp3) is 0.222. The van der Waals surface area contributed by atoms with Gasteiger partial charge in [0.25, 0.3) is 0 Å². The second-order valence-electron chi connectivity index (χ2n) is 5.08. The lowest BCUT2D eigenvalue weighted by molar-refractivity contribution is 0.304. The minimum atomic E-state index is -0.733. The topological polar surface area (TPSA) is 69.4 Å². The predicted octanol–water partition coefficient (Wildman–Crippen LogP) is 2.58. The number of hydrogen-bond donors (Lipinski definition) is 2. The maximum atomic E-state index is 13.4. The minimum absolute atomic E-state index is 0.00345. The molecule has 0 saturated heterocycles. The number of nitriles is 1. The molecule has 2 rings (SSSR count). The summed E-state index contributed by atoms with van der Waals surface area (Å²) in [5.41, 5.74) is 1.61. The van der Waals surface area contributed by atoms with Gasteiger partial charge in [0, 0.05) is 19.7 Å². The van der Waals surface area contributed by atoms with Crippen molar-refractivity contribution < 1.29 is 13.5 Å². The minimum Gasteiger partial charge on any atom is -0.489 e. The van der Waals surface area contributed by atoms with Crippen molar-refractivity contribution in [3.8, 4) is 11.8 Å². The van der Waals surface area contributed by atoms with Crippen LogP contribution in [-0.2, 0) is 6.54 Å². The molecule has 2 N–H and O–H groups in total. The first-order valence-electron chi connectivity index (χ1n) is 7.64. The number of ether oxygens (including phenoxy) is 1. The van der Waals surface area contributed by atoms with Crippen LogP contribution < -0.4 is 15.4 Å². The maximum Gasteiger partial charge on any atom is 0.191 e. The van der Waals surface area contributed by atoms with Crippen molar-refractivity contribution >= 4 is 5.96 Å². The molecule has 0 bridgehead atoms. The number of rotatable bonds is 6. The average Bonchev–Trinajstić information content (AvgIpc) is 2.63.